The lowest BCUT2D eigenvalue weighted by atomic mass is 9.92. The van der Waals surface area contributed by atoms with Crippen molar-refractivity contribution in [1.29, 1.82) is 0 Å². The van der Waals surface area contributed by atoms with Crippen LogP contribution in [-0.2, 0) is 4.74 Å². The predicted octanol–water partition coefficient (Wildman–Crippen LogP) is 2.89. The highest BCUT2D eigenvalue weighted by Gasteiger charge is 2.63. The molecule has 1 saturated heterocycles. The van der Waals surface area contributed by atoms with Gasteiger partial charge in [0.25, 0.3) is 0 Å². The Hall–Kier alpha value is -0.140. The molecule has 0 bridgehead atoms. The molecule has 2 aliphatic carbocycles. The van der Waals surface area contributed by atoms with Gasteiger partial charge in [-0.25, -0.2) is 0 Å². The van der Waals surface area contributed by atoms with Crippen LogP contribution in [0.1, 0.15) is 44.3 Å². The smallest absolute Gasteiger partial charge is 0.123 e. The van der Waals surface area contributed by atoms with E-state index in [0.29, 0.717) is 6.04 Å². The van der Waals surface area contributed by atoms with Crippen LogP contribution in [0.4, 0.5) is 0 Å². The molecular weight excluding hydrogens is 377 g/mol. The van der Waals surface area contributed by atoms with Gasteiger partial charge in [0, 0.05) is 30.7 Å². The van der Waals surface area contributed by atoms with E-state index in [0.717, 1.165) is 41.2 Å². The van der Waals surface area contributed by atoms with E-state index in [1.807, 2.05) is 0 Å². The second kappa shape index (κ2) is 4.93. The topological polar surface area (TPSA) is 30.3 Å². The number of rotatable bonds is 2. The minimum atomic E-state index is 0.161. The maximum atomic E-state index is 6.20. The molecule has 4 nitrogen and oxygen atoms in total. The van der Waals surface area contributed by atoms with Gasteiger partial charge >= 0.3 is 0 Å². The van der Waals surface area contributed by atoms with E-state index in [2.05, 4.69) is 64.2 Å². The van der Waals surface area contributed by atoms with E-state index in [4.69, 9.17) is 4.74 Å². The van der Waals surface area contributed by atoms with Gasteiger partial charge in [-0.05, 0) is 74.2 Å². The third kappa shape index (κ3) is 2.36. The lowest BCUT2D eigenvalue weighted by Gasteiger charge is -2.40. The Morgan fingerprint density at radius 1 is 1.38 bits per heavy atom. The minimum absolute atomic E-state index is 0.161. The van der Waals surface area contributed by atoms with E-state index >= 15 is 0 Å². The number of ether oxygens (including phenoxy) is 1. The van der Waals surface area contributed by atoms with Crippen molar-refractivity contribution in [2.75, 3.05) is 26.7 Å². The van der Waals surface area contributed by atoms with Crippen LogP contribution in [0.25, 0.3) is 0 Å². The maximum Gasteiger partial charge on any atom is 0.123 e. The quantitative estimate of drug-likeness (QED) is 0.715. The molecule has 2 heterocycles. The summed E-state index contributed by atoms with van der Waals surface area (Å²) in [5.41, 5.74) is 1.62. The average Bonchev–Trinajstić information content (AvgIpc) is 2.77. The first kappa shape index (κ1) is 14.5. The summed E-state index contributed by atoms with van der Waals surface area (Å²) >= 11 is 2.34. The van der Waals surface area contributed by atoms with Crippen LogP contribution in [0, 0.1) is 15.5 Å². The lowest BCUT2D eigenvalue weighted by Crippen LogP contribution is -2.49. The Morgan fingerprint density at radius 3 is 2.71 bits per heavy atom. The van der Waals surface area contributed by atoms with E-state index in [-0.39, 0.29) is 5.60 Å². The average molecular weight is 401 g/mol. The second-order valence-corrected chi connectivity index (χ2v) is 8.57. The molecular formula is C16H24IN3O. The number of hydrogen-bond acceptors (Lipinski definition) is 3. The third-order valence-electron chi connectivity index (χ3n) is 5.55. The molecule has 0 radical (unpaired) electrons. The molecule has 4 rings (SSSR count). The van der Waals surface area contributed by atoms with Crippen molar-refractivity contribution in [1.82, 2.24) is 14.7 Å². The largest absolute Gasteiger partial charge is 0.372 e. The minimum Gasteiger partial charge on any atom is -0.372 e. The molecule has 0 N–H and O–H groups in total. The van der Waals surface area contributed by atoms with Gasteiger partial charge < -0.3 is 9.64 Å². The summed E-state index contributed by atoms with van der Waals surface area (Å²) in [5.74, 6) is 2.37. The first-order chi connectivity index (χ1) is 9.99. The number of aromatic nitrogens is 2. The molecule has 5 heteroatoms. The standard InChI is InChI=1S/C16H24IN3O/c1-10(2)20-13(6-14(17)18-20)15-11-7-16(8-12(11)15)9-19(3)4-5-21-16/h6,10-12,15H,4-5,7-9H2,1-3H3/t11-,12+,15?,16?. The SMILES string of the molecule is CC(C)n1nc(I)cc1C1[C@H]2CC3(C[C@@H]12)CN(C)CCO3. The van der Waals surface area contributed by atoms with Gasteiger partial charge in [0.15, 0.2) is 0 Å². The van der Waals surface area contributed by atoms with Crippen LogP contribution in [0.2, 0.25) is 0 Å². The molecule has 3 aliphatic rings. The molecule has 2 unspecified atom stereocenters. The first-order valence-electron chi connectivity index (χ1n) is 8.06. The van der Waals surface area contributed by atoms with E-state index in [1.54, 1.807) is 0 Å². The maximum absolute atomic E-state index is 6.20. The van der Waals surface area contributed by atoms with Crippen LogP contribution < -0.4 is 0 Å². The highest BCUT2D eigenvalue weighted by atomic mass is 127. The van der Waals surface area contributed by atoms with Crippen LogP contribution in [0.5, 0.6) is 0 Å². The van der Waals surface area contributed by atoms with Crippen LogP contribution in [0.15, 0.2) is 6.07 Å². The van der Waals surface area contributed by atoms with Crippen molar-refractivity contribution in [2.45, 2.75) is 44.2 Å². The molecule has 1 aromatic rings. The van der Waals surface area contributed by atoms with Crippen molar-refractivity contribution in [3.63, 3.8) is 0 Å². The Bertz CT molecular complexity index is 544. The van der Waals surface area contributed by atoms with Crippen LogP contribution in [-0.4, -0.2) is 47.0 Å². The summed E-state index contributed by atoms with van der Waals surface area (Å²) in [6.07, 6.45) is 2.49. The van der Waals surface area contributed by atoms with Crippen molar-refractivity contribution in [3.05, 3.63) is 15.5 Å². The fraction of sp³-hybridized carbons (Fsp3) is 0.812. The Morgan fingerprint density at radius 2 is 2.10 bits per heavy atom. The first-order valence-corrected chi connectivity index (χ1v) is 9.14. The van der Waals surface area contributed by atoms with Gasteiger partial charge in [-0.2, -0.15) is 5.10 Å². The molecule has 21 heavy (non-hydrogen) atoms. The van der Waals surface area contributed by atoms with Gasteiger partial charge in [-0.3, -0.25) is 4.68 Å². The number of morpholine rings is 1. The molecule has 2 saturated carbocycles. The zero-order chi connectivity index (χ0) is 14.8. The van der Waals surface area contributed by atoms with Gasteiger partial charge in [-0.1, -0.05) is 0 Å². The third-order valence-corrected chi connectivity index (χ3v) is 6.08. The number of likely N-dealkylation sites (N-methyl/N-ethyl adjacent to an activating group) is 1. The predicted molar refractivity (Wildman–Crippen MR) is 90.5 cm³/mol. The fourth-order valence-electron chi connectivity index (χ4n) is 4.70. The molecule has 1 aromatic heterocycles. The molecule has 0 amide bonds. The van der Waals surface area contributed by atoms with Gasteiger partial charge in [0.05, 0.1) is 12.2 Å². The van der Waals surface area contributed by atoms with Gasteiger partial charge in [-0.15, -0.1) is 0 Å². The summed E-state index contributed by atoms with van der Waals surface area (Å²) in [5, 5.41) is 4.68. The summed E-state index contributed by atoms with van der Waals surface area (Å²) in [6.45, 7) is 7.56. The van der Waals surface area contributed by atoms with Gasteiger partial charge in [0.2, 0.25) is 0 Å². The van der Waals surface area contributed by atoms with Gasteiger partial charge in [0.1, 0.15) is 3.70 Å². The summed E-state index contributed by atoms with van der Waals surface area (Å²) < 4.78 is 9.57. The summed E-state index contributed by atoms with van der Waals surface area (Å²) in [4.78, 5) is 2.44. The van der Waals surface area contributed by atoms with E-state index in [1.165, 1.54) is 18.5 Å². The monoisotopic (exact) mass is 401 g/mol. The molecule has 0 aromatic carbocycles. The highest BCUT2D eigenvalue weighted by molar-refractivity contribution is 14.1. The molecule has 3 fully saturated rings. The second-order valence-electron chi connectivity index (χ2n) is 7.46. The zero-order valence-corrected chi connectivity index (χ0v) is 15.2. The van der Waals surface area contributed by atoms with E-state index < -0.39 is 0 Å². The van der Waals surface area contributed by atoms with Crippen LogP contribution in [0.3, 0.4) is 0 Å². The molecule has 4 atom stereocenters. The van der Waals surface area contributed by atoms with Crippen LogP contribution >= 0.6 is 22.6 Å². The number of fused-ring (bicyclic) bond motifs is 1. The number of halogens is 1. The number of nitrogens with zero attached hydrogens (tertiary/aromatic N) is 3. The highest BCUT2D eigenvalue weighted by Crippen LogP contribution is 2.67. The van der Waals surface area contributed by atoms with Crippen molar-refractivity contribution < 1.29 is 4.74 Å². The Kier molecular flexibility index (Phi) is 3.39. The fourth-order valence-corrected chi connectivity index (χ4v) is 5.26. The van der Waals surface area contributed by atoms with Crippen molar-refractivity contribution in [2.24, 2.45) is 11.8 Å². The molecule has 116 valence electrons. The zero-order valence-electron chi connectivity index (χ0n) is 13.1. The summed E-state index contributed by atoms with van der Waals surface area (Å²) in [6, 6.07) is 2.75. The van der Waals surface area contributed by atoms with Crippen molar-refractivity contribution >= 4 is 22.6 Å². The Balaban J connectivity index is 1.51. The van der Waals surface area contributed by atoms with Crippen molar-refractivity contribution in [3.8, 4) is 0 Å². The van der Waals surface area contributed by atoms with E-state index in [9.17, 15) is 0 Å². The Labute approximate surface area is 140 Å². The molecule has 1 aliphatic heterocycles. The molecule has 1 spiro atoms. The normalized spacial score (nSPS) is 39.2. The number of hydrogen-bond donors (Lipinski definition) is 0. The lowest BCUT2D eigenvalue weighted by molar-refractivity contribution is -0.106. The summed E-state index contributed by atoms with van der Waals surface area (Å²) in [7, 11) is 2.22.